The van der Waals surface area contributed by atoms with Gasteiger partial charge in [0.15, 0.2) is 0 Å². The molecule has 4 rings (SSSR count). The predicted molar refractivity (Wildman–Crippen MR) is 131 cm³/mol. The van der Waals surface area contributed by atoms with E-state index < -0.39 is 6.04 Å². The van der Waals surface area contributed by atoms with Crippen molar-refractivity contribution >= 4 is 38.6 Å². The van der Waals surface area contributed by atoms with Crippen molar-refractivity contribution in [3.63, 3.8) is 0 Å². The first kappa shape index (κ1) is 21.8. The molecular formula is C25H23BrN4O2. The summed E-state index contributed by atoms with van der Waals surface area (Å²) in [4.78, 5) is 33.1. The summed E-state index contributed by atoms with van der Waals surface area (Å²) < 4.78 is 2.47. The molecule has 4 aromatic rings. The third-order valence-electron chi connectivity index (χ3n) is 5.33. The molecule has 0 aliphatic carbocycles. The minimum atomic E-state index is -0.454. The largest absolute Gasteiger partial charge is 0.322 e. The van der Waals surface area contributed by atoms with E-state index in [1.54, 1.807) is 15.5 Å². The minimum absolute atomic E-state index is 0.160. The zero-order chi connectivity index (χ0) is 22.7. The van der Waals surface area contributed by atoms with Crippen LogP contribution in [0.3, 0.4) is 0 Å². The van der Waals surface area contributed by atoms with Gasteiger partial charge in [0.25, 0.3) is 5.56 Å². The summed E-state index contributed by atoms with van der Waals surface area (Å²) in [6.07, 6.45) is 0. The van der Waals surface area contributed by atoms with E-state index >= 15 is 0 Å². The number of nitrogens with zero attached hydrogens (tertiary/aromatic N) is 3. The summed E-state index contributed by atoms with van der Waals surface area (Å²) in [5.41, 5.74) is 1.84. The van der Waals surface area contributed by atoms with Gasteiger partial charge in [-0.3, -0.25) is 9.36 Å². The topological polar surface area (TPSA) is 67.2 Å². The molecule has 3 aromatic carbocycles. The predicted octanol–water partition coefficient (Wildman–Crippen LogP) is 5.76. The number of nitrogens with one attached hydrogen (secondary N) is 1. The molecule has 7 heteroatoms. The van der Waals surface area contributed by atoms with Crippen LogP contribution in [0.5, 0.6) is 0 Å². The van der Waals surface area contributed by atoms with E-state index in [-0.39, 0.29) is 11.6 Å². The van der Waals surface area contributed by atoms with Crippen molar-refractivity contribution in [3.8, 4) is 5.69 Å². The number of aromatic nitrogens is 2. The Kier molecular flexibility index (Phi) is 6.37. The second-order valence-corrected chi connectivity index (χ2v) is 8.28. The van der Waals surface area contributed by atoms with Crippen LogP contribution >= 0.6 is 15.9 Å². The quantitative estimate of drug-likeness (QED) is 0.386. The molecule has 0 aliphatic rings. The van der Waals surface area contributed by atoms with Crippen molar-refractivity contribution in [1.29, 1.82) is 0 Å². The van der Waals surface area contributed by atoms with Gasteiger partial charge in [-0.15, -0.1) is 0 Å². The number of amides is 2. The van der Waals surface area contributed by atoms with Crippen LogP contribution in [0, 0.1) is 0 Å². The second kappa shape index (κ2) is 9.36. The molecular weight excluding hydrogens is 468 g/mol. The van der Waals surface area contributed by atoms with Crippen LogP contribution in [0.4, 0.5) is 10.5 Å². The van der Waals surface area contributed by atoms with E-state index in [1.807, 2.05) is 86.6 Å². The van der Waals surface area contributed by atoms with E-state index in [1.165, 1.54) is 0 Å². The summed E-state index contributed by atoms with van der Waals surface area (Å²) in [5, 5.41) is 3.47. The van der Waals surface area contributed by atoms with E-state index in [4.69, 9.17) is 4.98 Å². The third kappa shape index (κ3) is 4.29. The van der Waals surface area contributed by atoms with Gasteiger partial charge in [0.05, 0.1) is 22.6 Å². The monoisotopic (exact) mass is 490 g/mol. The number of rotatable bonds is 5. The van der Waals surface area contributed by atoms with Gasteiger partial charge in [-0.1, -0.05) is 52.3 Å². The number of anilines is 1. The van der Waals surface area contributed by atoms with Gasteiger partial charge in [0.2, 0.25) is 0 Å². The van der Waals surface area contributed by atoms with Gasteiger partial charge in [-0.25, -0.2) is 9.78 Å². The zero-order valence-electron chi connectivity index (χ0n) is 17.8. The molecule has 1 unspecified atom stereocenters. The van der Waals surface area contributed by atoms with E-state index in [9.17, 15) is 9.59 Å². The Bertz CT molecular complexity index is 1320. The fourth-order valence-electron chi connectivity index (χ4n) is 3.75. The van der Waals surface area contributed by atoms with Crippen molar-refractivity contribution in [2.24, 2.45) is 0 Å². The number of hydrogen-bond donors (Lipinski definition) is 1. The number of carbonyl (C=O) groups is 1. The number of urea groups is 1. The van der Waals surface area contributed by atoms with Crippen LogP contribution in [0.1, 0.15) is 25.7 Å². The lowest BCUT2D eigenvalue weighted by Gasteiger charge is -2.29. The highest BCUT2D eigenvalue weighted by Gasteiger charge is 2.26. The summed E-state index contributed by atoms with van der Waals surface area (Å²) >= 11 is 3.43. The van der Waals surface area contributed by atoms with Crippen molar-refractivity contribution in [2.45, 2.75) is 19.9 Å². The van der Waals surface area contributed by atoms with E-state index in [0.717, 1.165) is 4.47 Å². The molecule has 0 aliphatic heterocycles. The van der Waals surface area contributed by atoms with E-state index in [2.05, 4.69) is 21.2 Å². The molecule has 0 spiro atoms. The Balaban J connectivity index is 1.80. The first-order valence-corrected chi connectivity index (χ1v) is 11.2. The lowest BCUT2D eigenvalue weighted by atomic mass is 10.2. The van der Waals surface area contributed by atoms with Crippen LogP contribution in [-0.2, 0) is 0 Å². The zero-order valence-corrected chi connectivity index (χ0v) is 19.4. The highest BCUT2D eigenvalue weighted by Crippen LogP contribution is 2.24. The number of hydrogen-bond acceptors (Lipinski definition) is 3. The van der Waals surface area contributed by atoms with Gasteiger partial charge < -0.3 is 10.2 Å². The average Bonchev–Trinajstić information content (AvgIpc) is 2.80. The molecule has 2 amide bonds. The highest BCUT2D eigenvalue weighted by atomic mass is 79.9. The maximum Gasteiger partial charge on any atom is 0.322 e. The molecule has 0 radical (unpaired) electrons. The Morgan fingerprint density at radius 2 is 1.78 bits per heavy atom. The van der Waals surface area contributed by atoms with Gasteiger partial charge >= 0.3 is 6.03 Å². The van der Waals surface area contributed by atoms with Crippen LogP contribution in [-0.4, -0.2) is 27.0 Å². The number of fused-ring (bicyclic) bond motifs is 1. The lowest BCUT2D eigenvalue weighted by Crippen LogP contribution is -2.39. The molecule has 0 fully saturated rings. The molecule has 1 aromatic heterocycles. The number of halogens is 1. The first-order chi connectivity index (χ1) is 15.5. The summed E-state index contributed by atoms with van der Waals surface area (Å²) in [5.74, 6) is 0.506. The molecule has 1 N–H and O–H groups in total. The fourth-order valence-corrected chi connectivity index (χ4v) is 4.15. The van der Waals surface area contributed by atoms with E-state index in [0.29, 0.717) is 34.6 Å². The van der Waals surface area contributed by atoms with Crippen LogP contribution in [0.15, 0.2) is 88.1 Å². The van der Waals surface area contributed by atoms with Crippen LogP contribution in [0.2, 0.25) is 0 Å². The highest BCUT2D eigenvalue weighted by molar-refractivity contribution is 9.10. The second-order valence-electron chi connectivity index (χ2n) is 7.37. The van der Waals surface area contributed by atoms with Crippen molar-refractivity contribution < 1.29 is 4.79 Å². The maximum absolute atomic E-state index is 13.5. The molecule has 32 heavy (non-hydrogen) atoms. The normalized spacial score (nSPS) is 11.8. The van der Waals surface area contributed by atoms with Crippen molar-refractivity contribution in [2.75, 3.05) is 11.9 Å². The van der Waals surface area contributed by atoms with Crippen molar-refractivity contribution in [1.82, 2.24) is 14.5 Å². The molecule has 0 saturated heterocycles. The Morgan fingerprint density at radius 3 is 2.50 bits per heavy atom. The Morgan fingerprint density at radius 1 is 1.06 bits per heavy atom. The molecule has 162 valence electrons. The molecule has 6 nitrogen and oxygen atoms in total. The van der Waals surface area contributed by atoms with Crippen molar-refractivity contribution in [3.05, 3.63) is 99.5 Å². The summed E-state index contributed by atoms with van der Waals surface area (Å²) in [6, 6.07) is 23.4. The Labute approximate surface area is 194 Å². The van der Waals surface area contributed by atoms with Gasteiger partial charge in [-0.2, -0.15) is 0 Å². The first-order valence-electron chi connectivity index (χ1n) is 10.4. The SMILES string of the molecule is CCN(C(=O)Nc1cccc(Br)c1)C(C)c1nc2ccccc2c(=O)n1-c1ccccc1. The smallest absolute Gasteiger partial charge is 0.315 e. The third-order valence-corrected chi connectivity index (χ3v) is 5.83. The molecule has 1 atom stereocenters. The summed E-state index contributed by atoms with van der Waals surface area (Å²) in [6.45, 7) is 4.24. The minimum Gasteiger partial charge on any atom is -0.315 e. The van der Waals surface area contributed by atoms with Gasteiger partial charge in [0, 0.05) is 16.7 Å². The van der Waals surface area contributed by atoms with Crippen LogP contribution in [0.25, 0.3) is 16.6 Å². The lowest BCUT2D eigenvalue weighted by molar-refractivity contribution is 0.193. The number of para-hydroxylation sites is 2. The average molecular weight is 491 g/mol. The van der Waals surface area contributed by atoms with Gasteiger partial charge in [-0.05, 0) is 56.3 Å². The molecule has 1 heterocycles. The Hall–Kier alpha value is -3.45. The van der Waals surface area contributed by atoms with Gasteiger partial charge in [0.1, 0.15) is 5.82 Å². The fraction of sp³-hybridized carbons (Fsp3) is 0.160. The van der Waals surface area contributed by atoms with Crippen LogP contribution < -0.4 is 10.9 Å². The summed E-state index contributed by atoms with van der Waals surface area (Å²) in [7, 11) is 0. The standard InChI is InChI=1S/C25H23BrN4O2/c1-3-29(25(32)27-19-11-9-10-18(26)16-19)17(2)23-28-22-15-8-7-14-21(22)24(31)30(23)20-12-5-4-6-13-20/h4-17H,3H2,1-2H3,(H,27,32). The number of carbonyl (C=O) groups excluding carboxylic acids is 1. The molecule has 0 bridgehead atoms. The maximum atomic E-state index is 13.5. The number of benzene rings is 3. The molecule has 0 saturated carbocycles.